The van der Waals surface area contributed by atoms with Gasteiger partial charge in [-0.3, -0.25) is 9.10 Å². The predicted octanol–water partition coefficient (Wildman–Crippen LogP) is 4.10. The lowest BCUT2D eigenvalue weighted by Gasteiger charge is -2.29. The molecule has 0 unspecified atom stereocenters. The first-order chi connectivity index (χ1) is 12.5. The van der Waals surface area contributed by atoms with Crippen molar-refractivity contribution in [1.82, 2.24) is 0 Å². The molecule has 2 aromatic carbocycles. The van der Waals surface area contributed by atoms with Gasteiger partial charge in [0.05, 0.1) is 24.1 Å². The van der Waals surface area contributed by atoms with Crippen molar-refractivity contribution in [1.29, 1.82) is 0 Å². The molecule has 0 spiro atoms. The van der Waals surface area contributed by atoms with Crippen molar-refractivity contribution in [3.63, 3.8) is 0 Å². The Morgan fingerprint density at radius 1 is 1.19 bits per heavy atom. The Kier molecular flexibility index (Phi) is 6.62. The number of rotatable bonds is 6. The number of ether oxygens (including phenoxy) is 1. The average molecular weight is 431 g/mol. The number of methoxy groups -OCH3 is 1. The highest BCUT2D eigenvalue weighted by Crippen LogP contribution is 2.30. The van der Waals surface area contributed by atoms with Crippen LogP contribution in [0.2, 0.25) is 10.0 Å². The van der Waals surface area contributed by atoms with Crippen molar-refractivity contribution < 1.29 is 17.9 Å². The van der Waals surface area contributed by atoms with Gasteiger partial charge in [-0.1, -0.05) is 29.3 Å². The number of carbonyl (C=O) groups excluding carboxylic acids is 1. The fourth-order valence-corrected chi connectivity index (χ4v) is 4.24. The molecule has 0 radical (unpaired) electrons. The Morgan fingerprint density at radius 2 is 1.85 bits per heavy atom. The number of hydrogen-bond donors (Lipinski definition) is 1. The molecule has 0 aliphatic heterocycles. The summed E-state index contributed by atoms with van der Waals surface area (Å²) in [5, 5.41) is 3.37. The van der Waals surface area contributed by atoms with Crippen LogP contribution in [0.4, 0.5) is 11.4 Å². The molecule has 0 aliphatic rings. The zero-order valence-electron chi connectivity index (χ0n) is 15.3. The first kappa shape index (κ1) is 21.3. The minimum Gasteiger partial charge on any atom is -0.495 e. The minimum absolute atomic E-state index is 0.327. The van der Waals surface area contributed by atoms with Crippen LogP contribution in [-0.2, 0) is 14.8 Å². The Morgan fingerprint density at radius 3 is 2.41 bits per heavy atom. The summed E-state index contributed by atoms with van der Waals surface area (Å²) in [7, 11) is -2.26. The molecule has 1 N–H and O–H groups in total. The van der Waals surface area contributed by atoms with E-state index >= 15 is 0 Å². The van der Waals surface area contributed by atoms with E-state index in [9.17, 15) is 13.2 Å². The van der Waals surface area contributed by atoms with Crippen LogP contribution in [0.3, 0.4) is 0 Å². The molecule has 1 atom stereocenters. The zero-order chi connectivity index (χ0) is 20.4. The van der Waals surface area contributed by atoms with Crippen LogP contribution >= 0.6 is 23.2 Å². The summed E-state index contributed by atoms with van der Waals surface area (Å²) in [6.07, 6.45) is 1.04. The second-order valence-electron chi connectivity index (χ2n) is 6.00. The summed E-state index contributed by atoms with van der Waals surface area (Å²) in [6, 6.07) is 8.61. The van der Waals surface area contributed by atoms with E-state index in [1.165, 1.54) is 26.2 Å². The van der Waals surface area contributed by atoms with Gasteiger partial charge < -0.3 is 10.1 Å². The number of halogens is 2. The molecule has 0 saturated carbocycles. The number of benzene rings is 2. The van der Waals surface area contributed by atoms with Crippen LogP contribution in [0, 0.1) is 6.92 Å². The average Bonchev–Trinajstić information content (AvgIpc) is 2.57. The summed E-state index contributed by atoms with van der Waals surface area (Å²) in [4.78, 5) is 12.7. The fourth-order valence-electron chi connectivity index (χ4n) is 2.59. The smallest absolute Gasteiger partial charge is 0.247 e. The van der Waals surface area contributed by atoms with Gasteiger partial charge in [0.15, 0.2) is 0 Å². The van der Waals surface area contributed by atoms with Crippen molar-refractivity contribution in [2.45, 2.75) is 19.9 Å². The molecule has 1 amide bonds. The van der Waals surface area contributed by atoms with Gasteiger partial charge in [-0.15, -0.1) is 0 Å². The number of carbonyl (C=O) groups is 1. The first-order valence-electron chi connectivity index (χ1n) is 7.94. The van der Waals surface area contributed by atoms with Crippen LogP contribution in [0.25, 0.3) is 0 Å². The van der Waals surface area contributed by atoms with Crippen LogP contribution in [-0.4, -0.2) is 33.7 Å². The molecule has 0 bridgehead atoms. The number of anilines is 2. The first-order valence-corrected chi connectivity index (χ1v) is 10.5. The molecule has 9 heteroatoms. The molecular weight excluding hydrogens is 411 g/mol. The van der Waals surface area contributed by atoms with Gasteiger partial charge in [0.25, 0.3) is 0 Å². The monoisotopic (exact) mass is 430 g/mol. The third kappa shape index (κ3) is 5.06. The van der Waals surface area contributed by atoms with Crippen LogP contribution in [0.1, 0.15) is 12.5 Å². The Bertz CT molecular complexity index is 964. The largest absolute Gasteiger partial charge is 0.495 e. The van der Waals surface area contributed by atoms with Crippen LogP contribution in [0.5, 0.6) is 5.75 Å². The van der Waals surface area contributed by atoms with Crippen molar-refractivity contribution >= 4 is 50.5 Å². The Hall–Kier alpha value is -1.96. The van der Waals surface area contributed by atoms with Crippen molar-refractivity contribution in [2.24, 2.45) is 0 Å². The molecule has 0 aromatic heterocycles. The SMILES string of the molecule is COc1ccc(NC(=O)[C@H](C)N(c2cc(Cl)ccc2C)S(C)(=O)=O)cc1Cl. The Labute approximate surface area is 169 Å². The lowest BCUT2D eigenvalue weighted by molar-refractivity contribution is -0.116. The third-order valence-corrected chi connectivity index (χ3v) is 5.67. The quantitative estimate of drug-likeness (QED) is 0.747. The number of sulfonamides is 1. The van der Waals surface area contributed by atoms with Crippen molar-refractivity contribution in [3.8, 4) is 5.75 Å². The highest BCUT2D eigenvalue weighted by Gasteiger charge is 2.30. The van der Waals surface area contributed by atoms with Gasteiger partial charge in [0, 0.05) is 10.7 Å². The molecule has 2 rings (SSSR count). The maximum Gasteiger partial charge on any atom is 0.247 e. The number of hydrogen-bond acceptors (Lipinski definition) is 4. The van der Waals surface area contributed by atoms with E-state index in [1.807, 2.05) is 0 Å². The second-order valence-corrected chi connectivity index (χ2v) is 8.71. The van der Waals surface area contributed by atoms with E-state index in [-0.39, 0.29) is 0 Å². The van der Waals surface area contributed by atoms with Crippen molar-refractivity contribution in [2.75, 3.05) is 23.0 Å². The molecule has 146 valence electrons. The summed E-state index contributed by atoms with van der Waals surface area (Å²) < 4.78 is 30.9. The van der Waals surface area contributed by atoms with Gasteiger partial charge in [0.1, 0.15) is 11.8 Å². The molecule has 27 heavy (non-hydrogen) atoms. The standard InChI is InChI=1S/C18H20Cl2N2O4S/c1-11-5-6-13(19)9-16(11)22(27(4,24)25)12(2)18(23)21-14-7-8-17(26-3)15(20)10-14/h5-10,12H,1-4H3,(H,21,23)/t12-/m0/s1. The molecule has 0 heterocycles. The molecule has 0 aliphatic carbocycles. The van der Waals surface area contributed by atoms with E-state index in [4.69, 9.17) is 27.9 Å². The van der Waals surface area contributed by atoms with Gasteiger partial charge in [-0.2, -0.15) is 0 Å². The Balaban J connectivity index is 2.35. The predicted molar refractivity (Wildman–Crippen MR) is 110 cm³/mol. The second kappa shape index (κ2) is 8.37. The normalized spacial score (nSPS) is 12.4. The van der Waals surface area contributed by atoms with E-state index in [0.717, 1.165) is 10.6 Å². The highest BCUT2D eigenvalue weighted by molar-refractivity contribution is 7.92. The van der Waals surface area contributed by atoms with Crippen LogP contribution < -0.4 is 14.4 Å². The topological polar surface area (TPSA) is 75.7 Å². The van der Waals surface area contributed by atoms with Gasteiger partial charge in [-0.25, -0.2) is 8.42 Å². The fraction of sp³-hybridized carbons (Fsp3) is 0.278. The van der Waals surface area contributed by atoms with Gasteiger partial charge in [0.2, 0.25) is 15.9 Å². The number of amides is 1. The molecule has 0 saturated heterocycles. The van der Waals surface area contributed by atoms with Crippen LogP contribution in [0.15, 0.2) is 36.4 Å². The number of aryl methyl sites for hydroxylation is 1. The molecule has 2 aromatic rings. The maximum absolute atomic E-state index is 12.7. The summed E-state index contributed by atoms with van der Waals surface area (Å²) in [6.45, 7) is 3.25. The summed E-state index contributed by atoms with van der Waals surface area (Å²) >= 11 is 12.1. The van der Waals surface area contributed by atoms with E-state index in [2.05, 4.69) is 5.32 Å². The van der Waals surface area contributed by atoms with Gasteiger partial charge in [-0.05, 0) is 49.7 Å². The lowest BCUT2D eigenvalue weighted by atomic mass is 10.1. The van der Waals surface area contributed by atoms with E-state index in [1.54, 1.807) is 31.2 Å². The number of nitrogens with zero attached hydrogens (tertiary/aromatic N) is 1. The van der Waals surface area contributed by atoms with E-state index in [0.29, 0.717) is 32.7 Å². The lowest BCUT2D eigenvalue weighted by Crippen LogP contribution is -2.45. The maximum atomic E-state index is 12.7. The molecule has 6 nitrogen and oxygen atoms in total. The number of nitrogens with one attached hydrogen (secondary N) is 1. The molecular formula is C18H20Cl2N2O4S. The summed E-state index contributed by atoms with van der Waals surface area (Å²) in [5.74, 6) is -0.0453. The molecule has 0 fully saturated rings. The van der Waals surface area contributed by atoms with Crippen molar-refractivity contribution in [3.05, 3.63) is 52.0 Å². The van der Waals surface area contributed by atoms with E-state index < -0.39 is 22.0 Å². The van der Waals surface area contributed by atoms with Gasteiger partial charge >= 0.3 is 0 Å². The minimum atomic E-state index is -3.74. The highest BCUT2D eigenvalue weighted by atomic mass is 35.5. The zero-order valence-corrected chi connectivity index (χ0v) is 17.6. The third-order valence-electron chi connectivity index (χ3n) is 3.92. The summed E-state index contributed by atoms with van der Waals surface area (Å²) in [5.41, 5.74) is 1.45.